The lowest BCUT2D eigenvalue weighted by Gasteiger charge is -2.08. The Kier molecular flexibility index (Phi) is 2.79. The first-order chi connectivity index (χ1) is 12.2. The van der Waals surface area contributed by atoms with Gasteiger partial charge in [-0.25, -0.2) is 14.1 Å². The highest BCUT2D eigenvalue weighted by atomic mass is 19.1. The van der Waals surface area contributed by atoms with Crippen molar-refractivity contribution in [3.8, 4) is 5.69 Å². The van der Waals surface area contributed by atoms with Crippen LogP contribution in [0.15, 0.2) is 77.6 Å². The summed E-state index contributed by atoms with van der Waals surface area (Å²) in [6.45, 7) is 0. The number of fused-ring (bicyclic) bond motifs is 4. The van der Waals surface area contributed by atoms with E-state index in [1.54, 1.807) is 16.8 Å². The van der Waals surface area contributed by atoms with Gasteiger partial charge < -0.3 is 0 Å². The summed E-state index contributed by atoms with van der Waals surface area (Å²) in [5.74, 6) is -0.356. The van der Waals surface area contributed by atoms with Crippen molar-refractivity contribution in [2.75, 3.05) is 0 Å². The van der Waals surface area contributed by atoms with Crippen molar-refractivity contribution >= 4 is 27.5 Å². The van der Waals surface area contributed by atoms with E-state index in [1.807, 2.05) is 48.5 Å². The lowest BCUT2D eigenvalue weighted by Crippen LogP contribution is -2.20. The van der Waals surface area contributed by atoms with Crippen LogP contribution in [0, 0.1) is 5.82 Å². The van der Waals surface area contributed by atoms with Crippen molar-refractivity contribution in [3.63, 3.8) is 0 Å². The Morgan fingerprint density at radius 3 is 2.44 bits per heavy atom. The molecule has 5 heteroatoms. The molecule has 2 aromatic heterocycles. The van der Waals surface area contributed by atoms with Crippen LogP contribution in [0.5, 0.6) is 0 Å². The van der Waals surface area contributed by atoms with Gasteiger partial charge in [0.2, 0.25) is 0 Å². The van der Waals surface area contributed by atoms with Crippen molar-refractivity contribution in [1.29, 1.82) is 0 Å². The van der Waals surface area contributed by atoms with Gasteiger partial charge in [0, 0.05) is 11.5 Å². The monoisotopic (exact) mass is 329 g/mol. The highest BCUT2D eigenvalue weighted by Gasteiger charge is 2.17. The standard InChI is InChI=1S/C20H12FN3O/c21-13-10-11-16-18(12-13)23(14-6-2-1-3-7-14)24-19(16)22-17-9-5-4-8-15(17)20(24)25/h1-12H. The van der Waals surface area contributed by atoms with Gasteiger partial charge in [-0.3, -0.25) is 4.79 Å². The fourth-order valence-corrected chi connectivity index (χ4v) is 3.28. The molecule has 25 heavy (non-hydrogen) atoms. The Bertz CT molecular complexity index is 1320. The summed E-state index contributed by atoms with van der Waals surface area (Å²) in [7, 11) is 0. The lowest BCUT2D eigenvalue weighted by molar-refractivity contribution is 0.628. The summed E-state index contributed by atoms with van der Waals surface area (Å²) < 4.78 is 17.2. The molecule has 0 unspecified atom stereocenters. The summed E-state index contributed by atoms with van der Waals surface area (Å²) in [5, 5.41) is 1.26. The molecule has 0 bridgehead atoms. The molecule has 0 aliphatic heterocycles. The van der Waals surface area contributed by atoms with Gasteiger partial charge in [-0.05, 0) is 36.4 Å². The molecule has 0 saturated carbocycles. The first-order valence-electron chi connectivity index (χ1n) is 7.91. The van der Waals surface area contributed by atoms with Crippen molar-refractivity contribution in [2.24, 2.45) is 0 Å². The van der Waals surface area contributed by atoms with Gasteiger partial charge in [0.1, 0.15) is 5.82 Å². The zero-order valence-corrected chi connectivity index (χ0v) is 13.1. The third-order valence-corrected chi connectivity index (χ3v) is 4.38. The van der Waals surface area contributed by atoms with E-state index in [2.05, 4.69) is 4.98 Å². The van der Waals surface area contributed by atoms with Gasteiger partial charge >= 0.3 is 0 Å². The summed E-state index contributed by atoms with van der Waals surface area (Å²) in [6, 6.07) is 21.1. The molecule has 5 aromatic rings. The third kappa shape index (κ3) is 1.92. The first kappa shape index (κ1) is 13.9. The van der Waals surface area contributed by atoms with Gasteiger partial charge in [-0.2, -0.15) is 4.52 Å². The van der Waals surface area contributed by atoms with E-state index in [0.29, 0.717) is 22.1 Å². The molecule has 120 valence electrons. The molecule has 0 fully saturated rings. The van der Waals surface area contributed by atoms with Crippen molar-refractivity contribution in [2.45, 2.75) is 0 Å². The number of hydrogen-bond acceptors (Lipinski definition) is 2. The summed E-state index contributed by atoms with van der Waals surface area (Å²) in [6.07, 6.45) is 0. The van der Waals surface area contributed by atoms with Crippen LogP contribution >= 0.6 is 0 Å². The topological polar surface area (TPSA) is 39.3 Å². The Labute approximate surface area is 141 Å². The molecule has 2 heterocycles. The lowest BCUT2D eigenvalue weighted by atomic mass is 10.2. The molecular weight excluding hydrogens is 317 g/mol. The van der Waals surface area contributed by atoms with E-state index in [9.17, 15) is 9.18 Å². The van der Waals surface area contributed by atoms with E-state index in [-0.39, 0.29) is 11.4 Å². The molecule has 0 amide bonds. The minimum atomic E-state index is -0.356. The molecule has 0 aliphatic rings. The molecule has 4 nitrogen and oxygen atoms in total. The fraction of sp³-hybridized carbons (Fsp3) is 0. The maximum atomic E-state index is 13.9. The number of aromatic nitrogens is 3. The minimum Gasteiger partial charge on any atom is -0.267 e. The predicted molar refractivity (Wildman–Crippen MR) is 95.8 cm³/mol. The van der Waals surface area contributed by atoms with E-state index < -0.39 is 0 Å². The highest BCUT2D eigenvalue weighted by Crippen LogP contribution is 2.25. The van der Waals surface area contributed by atoms with Crippen molar-refractivity contribution < 1.29 is 4.39 Å². The number of halogens is 1. The number of para-hydroxylation sites is 2. The molecule has 5 rings (SSSR count). The molecule has 0 saturated heterocycles. The number of rotatable bonds is 1. The van der Waals surface area contributed by atoms with Crippen molar-refractivity contribution in [3.05, 3.63) is 89.0 Å². The summed E-state index contributed by atoms with van der Waals surface area (Å²) in [4.78, 5) is 17.8. The zero-order valence-electron chi connectivity index (χ0n) is 13.1. The van der Waals surface area contributed by atoms with Gasteiger partial charge in [-0.1, -0.05) is 30.3 Å². The van der Waals surface area contributed by atoms with Gasteiger partial charge in [-0.15, -0.1) is 0 Å². The molecule has 0 atom stereocenters. The average Bonchev–Trinajstić information content (AvgIpc) is 2.96. The van der Waals surface area contributed by atoms with E-state index >= 15 is 0 Å². The first-order valence-corrected chi connectivity index (χ1v) is 7.91. The molecule has 0 N–H and O–H groups in total. The number of hydrogen-bond donors (Lipinski definition) is 0. The summed E-state index contributed by atoms with van der Waals surface area (Å²) >= 11 is 0. The average molecular weight is 329 g/mol. The van der Waals surface area contributed by atoms with Crippen molar-refractivity contribution in [1.82, 2.24) is 14.2 Å². The molecular formula is C20H12FN3O. The smallest absolute Gasteiger partial charge is 0.267 e. The largest absolute Gasteiger partial charge is 0.281 e. The fourth-order valence-electron chi connectivity index (χ4n) is 3.28. The van der Waals surface area contributed by atoms with Crippen LogP contribution in [-0.2, 0) is 0 Å². The van der Waals surface area contributed by atoms with Crippen LogP contribution < -0.4 is 5.56 Å². The second-order valence-corrected chi connectivity index (χ2v) is 5.88. The predicted octanol–water partition coefficient (Wildman–Crippen LogP) is 3.93. The van der Waals surface area contributed by atoms with Gasteiger partial charge in [0.15, 0.2) is 5.65 Å². The quantitative estimate of drug-likeness (QED) is 0.467. The molecule has 0 radical (unpaired) electrons. The van der Waals surface area contributed by atoms with E-state index in [0.717, 1.165) is 11.1 Å². The Hall–Kier alpha value is -3.47. The zero-order chi connectivity index (χ0) is 17.0. The molecule has 3 aromatic carbocycles. The van der Waals surface area contributed by atoms with Crippen LogP contribution in [0.3, 0.4) is 0 Å². The van der Waals surface area contributed by atoms with Crippen LogP contribution in [0.4, 0.5) is 4.39 Å². The van der Waals surface area contributed by atoms with E-state index in [1.165, 1.54) is 16.6 Å². The number of nitrogens with zero attached hydrogens (tertiary/aromatic N) is 3. The maximum Gasteiger partial charge on any atom is 0.281 e. The molecule has 0 aliphatic carbocycles. The Morgan fingerprint density at radius 1 is 0.840 bits per heavy atom. The Morgan fingerprint density at radius 2 is 1.60 bits per heavy atom. The second-order valence-electron chi connectivity index (χ2n) is 5.88. The van der Waals surface area contributed by atoms with Crippen LogP contribution in [0.2, 0.25) is 0 Å². The van der Waals surface area contributed by atoms with Crippen LogP contribution in [0.1, 0.15) is 0 Å². The van der Waals surface area contributed by atoms with Crippen LogP contribution in [-0.4, -0.2) is 14.2 Å². The second kappa shape index (κ2) is 5.01. The maximum absolute atomic E-state index is 13.9. The highest BCUT2D eigenvalue weighted by molar-refractivity contribution is 5.96. The van der Waals surface area contributed by atoms with Gasteiger partial charge in [0.25, 0.3) is 5.56 Å². The van der Waals surface area contributed by atoms with E-state index in [4.69, 9.17) is 0 Å². The summed E-state index contributed by atoms with van der Waals surface area (Å²) in [5.41, 5.74) is 2.34. The molecule has 0 spiro atoms. The minimum absolute atomic E-state index is 0.180. The SMILES string of the molecule is O=c1c2ccccc2nc2c3ccc(F)cc3n(-c3ccccc3)n12. The Balaban J connectivity index is 2.10. The normalized spacial score (nSPS) is 11.6. The third-order valence-electron chi connectivity index (χ3n) is 4.38. The van der Waals surface area contributed by atoms with Crippen LogP contribution in [0.25, 0.3) is 33.1 Å². The number of benzene rings is 3. The van der Waals surface area contributed by atoms with Gasteiger partial charge in [0.05, 0.1) is 22.1 Å².